The van der Waals surface area contributed by atoms with Gasteiger partial charge in [-0.05, 0) is 49.2 Å². The molecule has 0 bridgehead atoms. The second-order valence-electron chi connectivity index (χ2n) is 7.07. The molecule has 0 spiro atoms. The third-order valence-electron chi connectivity index (χ3n) is 5.30. The second-order valence-corrected chi connectivity index (χ2v) is 10.9. The zero-order valence-electron chi connectivity index (χ0n) is 17.5. The van der Waals surface area contributed by atoms with Crippen molar-refractivity contribution in [3.05, 3.63) is 47.5 Å². The maximum absolute atomic E-state index is 13.1. The molecule has 0 amide bonds. The van der Waals surface area contributed by atoms with Crippen molar-refractivity contribution in [2.24, 2.45) is 0 Å². The molecule has 164 valence electrons. The number of ether oxygens (including phenoxy) is 2. The summed E-state index contributed by atoms with van der Waals surface area (Å²) in [6.07, 6.45) is 0. The van der Waals surface area contributed by atoms with E-state index in [2.05, 4.69) is 0 Å². The van der Waals surface area contributed by atoms with Gasteiger partial charge >= 0.3 is 0 Å². The van der Waals surface area contributed by atoms with Crippen molar-refractivity contribution in [1.29, 1.82) is 0 Å². The first-order valence-electron chi connectivity index (χ1n) is 9.41. The van der Waals surface area contributed by atoms with Crippen molar-refractivity contribution in [1.82, 2.24) is 8.61 Å². The van der Waals surface area contributed by atoms with Crippen LogP contribution in [0.3, 0.4) is 0 Å². The van der Waals surface area contributed by atoms with Crippen LogP contribution in [0.4, 0.5) is 0 Å². The minimum absolute atomic E-state index is 0.0243. The summed E-state index contributed by atoms with van der Waals surface area (Å²) in [6.45, 7) is 4.05. The molecule has 1 saturated heterocycles. The first-order chi connectivity index (χ1) is 14.1. The molecule has 1 fully saturated rings. The summed E-state index contributed by atoms with van der Waals surface area (Å²) in [5.41, 5.74) is 1.90. The van der Waals surface area contributed by atoms with Gasteiger partial charge in [0.2, 0.25) is 20.0 Å². The number of methoxy groups -OCH3 is 2. The molecule has 1 aliphatic heterocycles. The first-order valence-corrected chi connectivity index (χ1v) is 12.3. The Morgan fingerprint density at radius 1 is 0.733 bits per heavy atom. The molecular formula is C20H26N2O6S2. The van der Waals surface area contributed by atoms with Gasteiger partial charge in [0, 0.05) is 32.2 Å². The number of piperazine rings is 1. The van der Waals surface area contributed by atoms with Gasteiger partial charge in [0.1, 0.15) is 16.4 Å². The van der Waals surface area contributed by atoms with E-state index in [1.54, 1.807) is 24.3 Å². The monoisotopic (exact) mass is 454 g/mol. The Bertz CT molecular complexity index is 1140. The third kappa shape index (κ3) is 4.18. The number of benzene rings is 2. The molecule has 30 heavy (non-hydrogen) atoms. The molecule has 10 heteroatoms. The van der Waals surface area contributed by atoms with Crippen molar-refractivity contribution in [3.8, 4) is 11.5 Å². The van der Waals surface area contributed by atoms with Crippen LogP contribution in [0.5, 0.6) is 11.5 Å². The molecular weight excluding hydrogens is 428 g/mol. The first kappa shape index (κ1) is 22.5. The normalized spacial score (nSPS) is 16.4. The molecule has 0 radical (unpaired) electrons. The van der Waals surface area contributed by atoms with Gasteiger partial charge in [0.25, 0.3) is 0 Å². The van der Waals surface area contributed by atoms with Crippen molar-refractivity contribution >= 4 is 20.0 Å². The van der Waals surface area contributed by atoms with Crippen LogP contribution < -0.4 is 9.47 Å². The van der Waals surface area contributed by atoms with E-state index in [0.717, 1.165) is 11.1 Å². The predicted molar refractivity (Wildman–Crippen MR) is 113 cm³/mol. The van der Waals surface area contributed by atoms with Crippen LogP contribution in [0.15, 0.2) is 46.2 Å². The van der Waals surface area contributed by atoms with Gasteiger partial charge in [0.05, 0.1) is 19.1 Å². The Kier molecular flexibility index (Phi) is 6.42. The largest absolute Gasteiger partial charge is 0.497 e. The van der Waals surface area contributed by atoms with E-state index in [1.807, 2.05) is 13.8 Å². The lowest BCUT2D eigenvalue weighted by molar-refractivity contribution is 0.272. The maximum atomic E-state index is 13.1. The lowest BCUT2D eigenvalue weighted by Crippen LogP contribution is -2.50. The number of hydrogen-bond acceptors (Lipinski definition) is 6. The Hall–Kier alpha value is -2.14. The van der Waals surface area contributed by atoms with Crippen LogP contribution in [0, 0.1) is 13.8 Å². The molecule has 1 aliphatic rings. The number of sulfonamides is 2. The zero-order chi connectivity index (χ0) is 22.1. The van der Waals surface area contributed by atoms with Crippen LogP contribution >= 0.6 is 0 Å². The zero-order valence-corrected chi connectivity index (χ0v) is 19.1. The molecule has 3 rings (SSSR count). The van der Waals surface area contributed by atoms with Crippen molar-refractivity contribution in [3.63, 3.8) is 0 Å². The van der Waals surface area contributed by atoms with Crippen molar-refractivity contribution in [2.45, 2.75) is 23.6 Å². The minimum Gasteiger partial charge on any atom is -0.497 e. The van der Waals surface area contributed by atoms with Gasteiger partial charge in [-0.3, -0.25) is 0 Å². The van der Waals surface area contributed by atoms with Crippen molar-refractivity contribution < 1.29 is 26.3 Å². The molecule has 0 saturated carbocycles. The highest BCUT2D eigenvalue weighted by Crippen LogP contribution is 2.31. The summed E-state index contributed by atoms with van der Waals surface area (Å²) >= 11 is 0. The van der Waals surface area contributed by atoms with Gasteiger partial charge in [-0.25, -0.2) is 16.8 Å². The van der Waals surface area contributed by atoms with E-state index >= 15 is 0 Å². The number of nitrogens with zero attached hydrogens (tertiary/aromatic N) is 2. The van der Waals surface area contributed by atoms with E-state index in [1.165, 1.54) is 35.0 Å². The molecule has 0 atom stereocenters. The summed E-state index contributed by atoms with van der Waals surface area (Å²) in [6, 6.07) is 9.51. The topological polar surface area (TPSA) is 93.2 Å². The Morgan fingerprint density at radius 3 is 1.87 bits per heavy atom. The molecule has 1 heterocycles. The summed E-state index contributed by atoms with van der Waals surface area (Å²) in [4.78, 5) is 0.245. The summed E-state index contributed by atoms with van der Waals surface area (Å²) in [5.74, 6) is 0.662. The fourth-order valence-electron chi connectivity index (χ4n) is 3.30. The molecule has 2 aromatic carbocycles. The summed E-state index contributed by atoms with van der Waals surface area (Å²) in [7, 11) is -4.66. The van der Waals surface area contributed by atoms with E-state index < -0.39 is 20.0 Å². The van der Waals surface area contributed by atoms with Crippen LogP contribution in [0.1, 0.15) is 11.1 Å². The fraction of sp³-hybridized carbons (Fsp3) is 0.400. The maximum Gasteiger partial charge on any atom is 0.246 e. The highest BCUT2D eigenvalue weighted by molar-refractivity contribution is 7.89. The Balaban J connectivity index is 1.80. The van der Waals surface area contributed by atoms with Crippen LogP contribution in [-0.4, -0.2) is 65.8 Å². The SMILES string of the molecule is COc1ccc(S(=O)(=O)N2CCN(S(=O)(=O)c3ccc(C)c(C)c3)CC2)c(OC)c1. The summed E-state index contributed by atoms with van der Waals surface area (Å²) in [5, 5.41) is 0. The molecule has 0 aliphatic carbocycles. The molecule has 0 unspecified atom stereocenters. The second kappa shape index (κ2) is 8.54. The highest BCUT2D eigenvalue weighted by Gasteiger charge is 2.35. The number of rotatable bonds is 6. The van der Waals surface area contributed by atoms with Gasteiger partial charge in [-0.1, -0.05) is 6.07 Å². The molecule has 0 aromatic heterocycles. The minimum atomic E-state index is -3.84. The molecule has 2 aromatic rings. The highest BCUT2D eigenvalue weighted by atomic mass is 32.2. The quantitative estimate of drug-likeness (QED) is 0.663. The number of hydrogen-bond donors (Lipinski definition) is 0. The van der Waals surface area contributed by atoms with Gasteiger partial charge in [0.15, 0.2) is 0 Å². The smallest absolute Gasteiger partial charge is 0.246 e. The predicted octanol–water partition coefficient (Wildman–Crippen LogP) is 2.02. The van der Waals surface area contributed by atoms with Crippen LogP contribution in [0.2, 0.25) is 0 Å². The number of aryl methyl sites for hydroxylation is 2. The van der Waals surface area contributed by atoms with E-state index in [-0.39, 0.29) is 41.7 Å². The van der Waals surface area contributed by atoms with Crippen LogP contribution in [0.25, 0.3) is 0 Å². The van der Waals surface area contributed by atoms with E-state index in [9.17, 15) is 16.8 Å². The van der Waals surface area contributed by atoms with Crippen molar-refractivity contribution in [2.75, 3.05) is 40.4 Å². The fourth-order valence-corrected chi connectivity index (χ4v) is 6.37. The lowest BCUT2D eigenvalue weighted by Gasteiger charge is -2.33. The molecule has 8 nitrogen and oxygen atoms in total. The van der Waals surface area contributed by atoms with Crippen LogP contribution in [-0.2, 0) is 20.0 Å². The van der Waals surface area contributed by atoms with Gasteiger partial charge in [-0.2, -0.15) is 8.61 Å². The molecule has 0 N–H and O–H groups in total. The van der Waals surface area contributed by atoms with E-state index in [0.29, 0.717) is 5.75 Å². The summed E-state index contributed by atoms with van der Waals surface area (Å²) < 4.78 is 65.1. The van der Waals surface area contributed by atoms with E-state index in [4.69, 9.17) is 9.47 Å². The standard InChI is InChI=1S/C20H26N2O6S2/c1-15-5-7-18(13-16(15)2)29(23,24)21-9-11-22(12-10-21)30(25,26)20-8-6-17(27-3)14-19(20)28-4/h5-8,13-14H,9-12H2,1-4H3. The average molecular weight is 455 g/mol. The Morgan fingerprint density at radius 2 is 1.33 bits per heavy atom. The van der Waals surface area contributed by atoms with Gasteiger partial charge in [-0.15, -0.1) is 0 Å². The van der Waals surface area contributed by atoms with Gasteiger partial charge < -0.3 is 9.47 Å². The third-order valence-corrected chi connectivity index (χ3v) is 9.14. The average Bonchev–Trinajstić information content (AvgIpc) is 2.75. The lowest BCUT2D eigenvalue weighted by atomic mass is 10.1. The Labute approximate surface area is 178 Å².